The van der Waals surface area contributed by atoms with Crippen LogP contribution in [0, 0.1) is 5.82 Å². The monoisotopic (exact) mass is 420 g/mol. The Bertz CT molecular complexity index is 747. The molecule has 0 radical (unpaired) electrons. The fourth-order valence-electron chi connectivity index (χ4n) is 2.80. The van der Waals surface area contributed by atoms with E-state index in [2.05, 4.69) is 46.0 Å². The molecule has 1 aliphatic heterocycles. The number of benzene rings is 1. The number of aromatic nitrogens is 2. The van der Waals surface area contributed by atoms with Crippen LogP contribution < -0.4 is 10.2 Å². The van der Waals surface area contributed by atoms with Crippen LogP contribution in [0.5, 0.6) is 0 Å². The molecule has 3 rings (SSSR count). The molecule has 0 atom stereocenters. The van der Waals surface area contributed by atoms with Gasteiger partial charge < -0.3 is 15.1 Å². The van der Waals surface area contributed by atoms with Gasteiger partial charge in [0.2, 0.25) is 5.95 Å². The van der Waals surface area contributed by atoms with E-state index in [0.29, 0.717) is 11.0 Å². The summed E-state index contributed by atoms with van der Waals surface area (Å²) in [6.45, 7) is 6.60. The Balaban J connectivity index is 1.63. The van der Waals surface area contributed by atoms with Crippen LogP contribution in [0.3, 0.4) is 0 Å². The third-order valence-corrected chi connectivity index (χ3v) is 4.79. The van der Waals surface area contributed by atoms with Gasteiger partial charge in [0.1, 0.15) is 5.82 Å². The van der Waals surface area contributed by atoms with E-state index < -0.39 is 0 Å². The van der Waals surface area contributed by atoms with Crippen molar-refractivity contribution in [1.29, 1.82) is 0 Å². The zero-order valence-corrected chi connectivity index (χ0v) is 16.3. The molecule has 0 aliphatic carbocycles. The molecule has 1 aliphatic rings. The molecule has 26 heavy (non-hydrogen) atoms. The molecule has 8 heteroatoms. The number of halogens is 2. The summed E-state index contributed by atoms with van der Waals surface area (Å²) in [5.74, 6) is 1.35. The fourth-order valence-corrected chi connectivity index (χ4v) is 3.05. The van der Waals surface area contributed by atoms with Crippen LogP contribution in [-0.4, -0.2) is 53.6 Å². The molecule has 1 fully saturated rings. The second-order valence-corrected chi connectivity index (χ2v) is 6.80. The van der Waals surface area contributed by atoms with Crippen molar-refractivity contribution >= 4 is 27.8 Å². The predicted molar refractivity (Wildman–Crippen MR) is 105 cm³/mol. The van der Waals surface area contributed by atoms with Crippen molar-refractivity contribution in [2.24, 2.45) is 4.99 Å². The quantitative estimate of drug-likeness (QED) is 0.608. The second-order valence-electron chi connectivity index (χ2n) is 5.94. The predicted octanol–water partition coefficient (Wildman–Crippen LogP) is 2.67. The molecule has 1 saturated heterocycles. The summed E-state index contributed by atoms with van der Waals surface area (Å²) in [5, 5.41) is 3.33. The summed E-state index contributed by atoms with van der Waals surface area (Å²) in [5.41, 5.74) is 0.845. The van der Waals surface area contributed by atoms with Crippen molar-refractivity contribution in [1.82, 2.24) is 20.2 Å². The fraction of sp³-hybridized carbons (Fsp3) is 0.389. The van der Waals surface area contributed by atoms with Gasteiger partial charge >= 0.3 is 0 Å². The number of piperazine rings is 1. The molecular formula is C18H22BrFN6. The SMILES string of the molecule is CCNC(=NCc1ccc(Br)c(F)c1)N1CCN(c2ncccn2)CC1. The van der Waals surface area contributed by atoms with Crippen molar-refractivity contribution in [3.63, 3.8) is 0 Å². The van der Waals surface area contributed by atoms with E-state index in [9.17, 15) is 4.39 Å². The van der Waals surface area contributed by atoms with Gasteiger partial charge in [-0.3, -0.25) is 0 Å². The number of aliphatic imine (C=N–C) groups is 1. The summed E-state index contributed by atoms with van der Waals surface area (Å²) in [4.78, 5) is 17.7. The van der Waals surface area contributed by atoms with E-state index in [4.69, 9.17) is 0 Å². The molecular weight excluding hydrogens is 399 g/mol. The Morgan fingerprint density at radius 3 is 2.62 bits per heavy atom. The van der Waals surface area contributed by atoms with Gasteiger partial charge in [-0.1, -0.05) is 6.07 Å². The lowest BCUT2D eigenvalue weighted by molar-refractivity contribution is 0.370. The number of hydrogen-bond acceptors (Lipinski definition) is 4. The minimum absolute atomic E-state index is 0.265. The van der Waals surface area contributed by atoms with Gasteiger partial charge in [0.25, 0.3) is 0 Å². The van der Waals surface area contributed by atoms with Crippen LogP contribution in [0.1, 0.15) is 12.5 Å². The molecule has 1 aromatic heterocycles. The van der Waals surface area contributed by atoms with Crippen LogP contribution in [0.15, 0.2) is 46.1 Å². The highest BCUT2D eigenvalue weighted by molar-refractivity contribution is 9.10. The van der Waals surface area contributed by atoms with Gasteiger partial charge in [0, 0.05) is 45.1 Å². The number of nitrogens with one attached hydrogen (secondary N) is 1. The number of anilines is 1. The molecule has 0 unspecified atom stereocenters. The van der Waals surface area contributed by atoms with E-state index in [0.717, 1.165) is 50.2 Å². The average Bonchev–Trinajstić information content (AvgIpc) is 2.68. The van der Waals surface area contributed by atoms with Crippen LogP contribution in [0.4, 0.5) is 10.3 Å². The lowest BCUT2D eigenvalue weighted by atomic mass is 10.2. The first-order valence-corrected chi connectivity index (χ1v) is 9.46. The van der Waals surface area contributed by atoms with E-state index in [1.54, 1.807) is 18.5 Å². The van der Waals surface area contributed by atoms with E-state index in [-0.39, 0.29) is 5.82 Å². The van der Waals surface area contributed by atoms with Gasteiger partial charge in [-0.05, 0) is 46.6 Å². The molecule has 2 aromatic rings. The molecule has 0 amide bonds. The third-order valence-electron chi connectivity index (χ3n) is 4.14. The van der Waals surface area contributed by atoms with Crippen LogP contribution in [0.2, 0.25) is 0 Å². The standard InChI is InChI=1S/C18H22BrFN6/c1-2-21-17(24-13-14-4-5-15(19)16(20)12-14)25-8-10-26(11-9-25)18-22-6-3-7-23-18/h3-7,12H,2,8-11,13H2,1H3,(H,21,24). The molecule has 138 valence electrons. The molecule has 2 heterocycles. The van der Waals surface area contributed by atoms with E-state index >= 15 is 0 Å². The van der Waals surface area contributed by atoms with Crippen molar-refractivity contribution < 1.29 is 4.39 Å². The molecule has 1 N–H and O–H groups in total. The Morgan fingerprint density at radius 1 is 1.23 bits per heavy atom. The topological polar surface area (TPSA) is 56.7 Å². The minimum atomic E-state index is -0.265. The van der Waals surface area contributed by atoms with Crippen molar-refractivity contribution in [3.8, 4) is 0 Å². The molecule has 6 nitrogen and oxygen atoms in total. The minimum Gasteiger partial charge on any atom is -0.357 e. The zero-order chi connectivity index (χ0) is 18.4. The van der Waals surface area contributed by atoms with Crippen molar-refractivity contribution in [3.05, 3.63) is 52.5 Å². The number of hydrogen-bond donors (Lipinski definition) is 1. The smallest absolute Gasteiger partial charge is 0.225 e. The lowest BCUT2D eigenvalue weighted by Crippen LogP contribution is -2.52. The highest BCUT2D eigenvalue weighted by Crippen LogP contribution is 2.17. The average molecular weight is 421 g/mol. The highest BCUT2D eigenvalue weighted by Gasteiger charge is 2.21. The zero-order valence-electron chi connectivity index (χ0n) is 14.7. The Hall–Kier alpha value is -2.22. The second kappa shape index (κ2) is 8.93. The number of rotatable bonds is 4. The summed E-state index contributed by atoms with van der Waals surface area (Å²) < 4.78 is 14.1. The number of guanidine groups is 1. The van der Waals surface area contributed by atoms with E-state index in [1.807, 2.05) is 19.1 Å². The Labute approximate surface area is 161 Å². The first kappa shape index (κ1) is 18.6. The molecule has 0 spiro atoms. The van der Waals surface area contributed by atoms with E-state index in [1.165, 1.54) is 6.07 Å². The highest BCUT2D eigenvalue weighted by atomic mass is 79.9. The van der Waals surface area contributed by atoms with Gasteiger partial charge in [0.05, 0.1) is 11.0 Å². The third kappa shape index (κ3) is 4.69. The Morgan fingerprint density at radius 2 is 1.96 bits per heavy atom. The summed E-state index contributed by atoms with van der Waals surface area (Å²) in [6.07, 6.45) is 3.52. The first-order chi connectivity index (χ1) is 12.7. The maximum absolute atomic E-state index is 13.7. The van der Waals surface area contributed by atoms with Gasteiger partial charge in [0.15, 0.2) is 5.96 Å². The van der Waals surface area contributed by atoms with Gasteiger partial charge in [-0.15, -0.1) is 0 Å². The van der Waals surface area contributed by atoms with Gasteiger partial charge in [-0.25, -0.2) is 19.4 Å². The lowest BCUT2D eigenvalue weighted by Gasteiger charge is -2.36. The van der Waals surface area contributed by atoms with Crippen LogP contribution in [-0.2, 0) is 6.54 Å². The normalized spacial score (nSPS) is 15.3. The van der Waals surface area contributed by atoms with Crippen LogP contribution >= 0.6 is 15.9 Å². The van der Waals surface area contributed by atoms with Crippen molar-refractivity contribution in [2.45, 2.75) is 13.5 Å². The summed E-state index contributed by atoms with van der Waals surface area (Å²) >= 11 is 3.18. The molecule has 0 saturated carbocycles. The van der Waals surface area contributed by atoms with Crippen molar-refractivity contribution in [2.75, 3.05) is 37.6 Å². The largest absolute Gasteiger partial charge is 0.357 e. The summed E-state index contributed by atoms with van der Waals surface area (Å²) in [6, 6.07) is 6.93. The first-order valence-electron chi connectivity index (χ1n) is 8.66. The number of nitrogens with zero attached hydrogens (tertiary/aromatic N) is 5. The van der Waals surface area contributed by atoms with Crippen LogP contribution in [0.25, 0.3) is 0 Å². The maximum Gasteiger partial charge on any atom is 0.225 e. The molecule has 0 bridgehead atoms. The van der Waals surface area contributed by atoms with Gasteiger partial charge in [-0.2, -0.15) is 0 Å². The summed E-state index contributed by atoms with van der Waals surface area (Å²) in [7, 11) is 0. The Kier molecular flexibility index (Phi) is 6.38. The maximum atomic E-state index is 13.7. The molecule has 1 aromatic carbocycles.